The summed E-state index contributed by atoms with van der Waals surface area (Å²) >= 11 is 5.89. The molecule has 1 aromatic rings. The minimum atomic E-state index is 0.325. The summed E-state index contributed by atoms with van der Waals surface area (Å²) in [5.41, 5.74) is 5.42. The Kier molecular flexibility index (Phi) is 4.62. The monoisotopic (exact) mass is 214 g/mol. The number of aromatic nitrogens is 2. The highest BCUT2D eigenvalue weighted by Crippen LogP contribution is 2.17. The maximum Gasteiger partial charge on any atom is 0.148 e. The largest absolute Gasteiger partial charge is 0.366 e. The lowest BCUT2D eigenvalue weighted by Gasteiger charge is -2.14. The van der Waals surface area contributed by atoms with Gasteiger partial charge >= 0.3 is 0 Å². The predicted octanol–water partition coefficient (Wildman–Crippen LogP) is 1.67. The summed E-state index contributed by atoms with van der Waals surface area (Å²) in [4.78, 5) is 7.85. The van der Waals surface area contributed by atoms with Crippen molar-refractivity contribution >= 4 is 17.4 Å². The molecule has 0 fully saturated rings. The van der Waals surface area contributed by atoms with E-state index in [1.807, 2.05) is 0 Å². The van der Waals surface area contributed by atoms with Gasteiger partial charge in [-0.1, -0.05) is 11.6 Å². The Hall–Kier alpha value is -0.870. The first kappa shape index (κ1) is 11.2. The molecule has 0 bridgehead atoms. The summed E-state index contributed by atoms with van der Waals surface area (Å²) in [5, 5.41) is 3.75. The van der Waals surface area contributed by atoms with Gasteiger partial charge in [0.2, 0.25) is 0 Å². The third-order valence-electron chi connectivity index (χ3n) is 1.89. The molecule has 14 heavy (non-hydrogen) atoms. The molecule has 0 amide bonds. The van der Waals surface area contributed by atoms with Crippen LogP contribution in [0.4, 0.5) is 5.82 Å². The Morgan fingerprint density at radius 2 is 2.43 bits per heavy atom. The predicted molar refractivity (Wildman–Crippen MR) is 58.4 cm³/mol. The number of anilines is 1. The van der Waals surface area contributed by atoms with E-state index in [0.717, 1.165) is 12.8 Å². The highest BCUT2D eigenvalue weighted by Gasteiger charge is 2.05. The highest BCUT2D eigenvalue weighted by molar-refractivity contribution is 6.32. The summed E-state index contributed by atoms with van der Waals surface area (Å²) in [5.74, 6) is 0.686. The third-order valence-corrected chi connectivity index (χ3v) is 2.17. The Balaban J connectivity index is 2.47. The number of hydrogen-bond acceptors (Lipinski definition) is 4. The van der Waals surface area contributed by atoms with Crippen LogP contribution in [0.5, 0.6) is 0 Å². The molecule has 0 aliphatic carbocycles. The summed E-state index contributed by atoms with van der Waals surface area (Å²) in [7, 11) is 0. The molecule has 1 rings (SSSR count). The van der Waals surface area contributed by atoms with Crippen molar-refractivity contribution in [3.8, 4) is 0 Å². The molecule has 0 saturated heterocycles. The van der Waals surface area contributed by atoms with E-state index in [2.05, 4.69) is 22.2 Å². The number of nitrogens with zero attached hydrogens (tertiary/aromatic N) is 2. The van der Waals surface area contributed by atoms with Gasteiger partial charge in [0.15, 0.2) is 0 Å². The van der Waals surface area contributed by atoms with Gasteiger partial charge in [-0.3, -0.25) is 0 Å². The van der Waals surface area contributed by atoms with E-state index in [9.17, 15) is 0 Å². The zero-order valence-electron chi connectivity index (χ0n) is 8.20. The second-order valence-electron chi connectivity index (χ2n) is 3.20. The lowest BCUT2D eigenvalue weighted by atomic mass is 10.2. The minimum Gasteiger partial charge on any atom is -0.366 e. The van der Waals surface area contributed by atoms with Crippen LogP contribution in [0.2, 0.25) is 5.02 Å². The van der Waals surface area contributed by atoms with Crippen molar-refractivity contribution in [2.75, 3.05) is 11.9 Å². The fraction of sp³-hybridized carbons (Fsp3) is 0.556. The molecular formula is C9H15ClN4. The molecule has 78 valence electrons. The van der Waals surface area contributed by atoms with Crippen LogP contribution in [0.1, 0.15) is 19.8 Å². The van der Waals surface area contributed by atoms with Crippen LogP contribution in [-0.2, 0) is 0 Å². The molecule has 0 saturated carbocycles. The van der Waals surface area contributed by atoms with Crippen molar-refractivity contribution in [1.29, 1.82) is 0 Å². The molecule has 1 atom stereocenters. The van der Waals surface area contributed by atoms with Gasteiger partial charge in [0.05, 0.1) is 6.20 Å². The Bertz CT molecular complexity index is 279. The van der Waals surface area contributed by atoms with Crippen LogP contribution in [-0.4, -0.2) is 22.6 Å². The first-order valence-electron chi connectivity index (χ1n) is 4.66. The number of nitrogens with two attached hydrogens (primary N) is 1. The molecule has 0 spiro atoms. The molecule has 3 N–H and O–H groups in total. The highest BCUT2D eigenvalue weighted by atomic mass is 35.5. The summed E-state index contributed by atoms with van der Waals surface area (Å²) < 4.78 is 0. The second kappa shape index (κ2) is 5.78. The molecule has 0 aliphatic heterocycles. The van der Waals surface area contributed by atoms with E-state index >= 15 is 0 Å². The number of rotatable bonds is 5. The zero-order chi connectivity index (χ0) is 10.4. The molecule has 0 aliphatic rings. The molecule has 5 heteroatoms. The fourth-order valence-electron chi connectivity index (χ4n) is 1.15. The molecular weight excluding hydrogens is 200 g/mol. The van der Waals surface area contributed by atoms with E-state index in [1.165, 1.54) is 6.33 Å². The number of hydrogen-bond donors (Lipinski definition) is 2. The summed E-state index contributed by atoms with van der Waals surface area (Å²) in [6, 6.07) is 0.325. The molecule has 1 unspecified atom stereocenters. The number of halogens is 1. The van der Waals surface area contributed by atoms with Crippen molar-refractivity contribution in [3.05, 3.63) is 17.5 Å². The van der Waals surface area contributed by atoms with Crippen LogP contribution in [0.3, 0.4) is 0 Å². The third kappa shape index (κ3) is 3.47. The average molecular weight is 215 g/mol. The SMILES string of the molecule is CC(CCCN)Nc1ncncc1Cl. The summed E-state index contributed by atoms with van der Waals surface area (Å²) in [6.45, 7) is 2.79. The smallest absolute Gasteiger partial charge is 0.148 e. The topological polar surface area (TPSA) is 63.8 Å². The van der Waals surface area contributed by atoms with Gasteiger partial charge < -0.3 is 11.1 Å². The molecule has 1 aromatic heterocycles. The van der Waals surface area contributed by atoms with Gasteiger partial charge in [-0.05, 0) is 26.3 Å². The lowest BCUT2D eigenvalue weighted by molar-refractivity contribution is 0.660. The minimum absolute atomic E-state index is 0.325. The van der Waals surface area contributed by atoms with Crippen LogP contribution < -0.4 is 11.1 Å². The quantitative estimate of drug-likeness (QED) is 0.783. The van der Waals surface area contributed by atoms with Crippen molar-refractivity contribution in [2.45, 2.75) is 25.8 Å². The van der Waals surface area contributed by atoms with Crippen LogP contribution >= 0.6 is 11.6 Å². The van der Waals surface area contributed by atoms with E-state index in [-0.39, 0.29) is 0 Å². The second-order valence-corrected chi connectivity index (χ2v) is 3.60. The molecule has 4 nitrogen and oxygen atoms in total. The standard InChI is InChI=1S/C9H15ClN4/c1-7(3-2-4-11)14-9-8(10)5-12-6-13-9/h5-7H,2-4,11H2,1H3,(H,12,13,14). The Morgan fingerprint density at radius 3 is 3.07 bits per heavy atom. The van der Waals surface area contributed by atoms with Crippen molar-refractivity contribution < 1.29 is 0 Å². The van der Waals surface area contributed by atoms with Gasteiger partial charge in [0, 0.05) is 6.04 Å². The van der Waals surface area contributed by atoms with E-state index < -0.39 is 0 Å². The van der Waals surface area contributed by atoms with Gasteiger partial charge in [-0.25, -0.2) is 9.97 Å². The van der Waals surface area contributed by atoms with E-state index in [0.29, 0.717) is 23.4 Å². The lowest BCUT2D eigenvalue weighted by Crippen LogP contribution is -2.17. The van der Waals surface area contributed by atoms with Gasteiger partial charge in [0.25, 0.3) is 0 Å². The Labute approximate surface area is 88.9 Å². The van der Waals surface area contributed by atoms with Crippen LogP contribution in [0, 0.1) is 0 Å². The normalized spacial score (nSPS) is 12.5. The number of nitrogens with one attached hydrogen (secondary N) is 1. The van der Waals surface area contributed by atoms with Gasteiger partial charge in [0.1, 0.15) is 17.2 Å². The summed E-state index contributed by atoms with van der Waals surface area (Å²) in [6.07, 6.45) is 5.06. The zero-order valence-corrected chi connectivity index (χ0v) is 8.96. The van der Waals surface area contributed by atoms with Crippen LogP contribution in [0.25, 0.3) is 0 Å². The Morgan fingerprint density at radius 1 is 1.64 bits per heavy atom. The van der Waals surface area contributed by atoms with Gasteiger partial charge in [-0.2, -0.15) is 0 Å². The average Bonchev–Trinajstić information content (AvgIpc) is 2.18. The van der Waals surface area contributed by atoms with Crippen molar-refractivity contribution in [3.63, 3.8) is 0 Å². The van der Waals surface area contributed by atoms with Crippen molar-refractivity contribution in [1.82, 2.24) is 9.97 Å². The van der Waals surface area contributed by atoms with Crippen LogP contribution in [0.15, 0.2) is 12.5 Å². The van der Waals surface area contributed by atoms with Gasteiger partial charge in [-0.15, -0.1) is 0 Å². The molecule has 0 aromatic carbocycles. The maximum atomic E-state index is 5.89. The molecule has 0 radical (unpaired) electrons. The first-order chi connectivity index (χ1) is 6.74. The maximum absolute atomic E-state index is 5.89. The fourth-order valence-corrected chi connectivity index (χ4v) is 1.31. The first-order valence-corrected chi connectivity index (χ1v) is 5.04. The van der Waals surface area contributed by atoms with Crippen molar-refractivity contribution in [2.24, 2.45) is 5.73 Å². The molecule has 1 heterocycles. The van der Waals surface area contributed by atoms with E-state index in [1.54, 1.807) is 6.20 Å². The van der Waals surface area contributed by atoms with E-state index in [4.69, 9.17) is 17.3 Å².